The van der Waals surface area contributed by atoms with Crippen molar-refractivity contribution in [1.82, 2.24) is 0 Å². The van der Waals surface area contributed by atoms with Crippen molar-refractivity contribution in [1.29, 1.82) is 0 Å². The number of para-hydroxylation sites is 1. The lowest BCUT2D eigenvalue weighted by atomic mass is 9.68. The van der Waals surface area contributed by atoms with E-state index in [-0.39, 0.29) is 13.2 Å². The lowest BCUT2D eigenvalue weighted by molar-refractivity contribution is -0.145. The number of nitrogens with one attached hydrogen (secondary N) is 1. The minimum atomic E-state index is -1.11. The zero-order valence-corrected chi connectivity index (χ0v) is 18.9. The Morgan fingerprint density at radius 3 is 2.00 bits per heavy atom. The Bertz CT molecular complexity index is 1040. The first-order chi connectivity index (χ1) is 15.5. The molecular weight excluding hydrogens is 447 g/mol. The molecule has 0 aliphatic heterocycles. The third kappa shape index (κ3) is 5.17. The van der Waals surface area contributed by atoms with Gasteiger partial charge in [0.05, 0.1) is 12.0 Å². The first-order valence-electron chi connectivity index (χ1n) is 10.0. The Kier molecular flexibility index (Phi) is 8.01. The first kappa shape index (κ1) is 23.5. The molecule has 0 amide bonds. The molecule has 0 aliphatic rings. The molecule has 0 spiro atoms. The number of esters is 1. The predicted octanol–water partition coefficient (Wildman–Crippen LogP) is 6.63. The van der Waals surface area contributed by atoms with E-state index < -0.39 is 17.4 Å². The highest BCUT2D eigenvalue weighted by atomic mass is 35.5. The van der Waals surface area contributed by atoms with E-state index in [4.69, 9.17) is 27.9 Å². The van der Waals surface area contributed by atoms with Gasteiger partial charge in [0, 0.05) is 27.2 Å². The zero-order chi connectivity index (χ0) is 23.0. The molecule has 6 nitrogen and oxygen atoms in total. The van der Waals surface area contributed by atoms with Crippen LogP contribution in [0, 0.1) is 0 Å². The molecule has 0 radical (unpaired) electrons. The fourth-order valence-electron chi connectivity index (χ4n) is 3.72. The highest BCUT2D eigenvalue weighted by molar-refractivity contribution is 6.30. The lowest BCUT2D eigenvalue weighted by Crippen LogP contribution is -2.53. The van der Waals surface area contributed by atoms with Crippen molar-refractivity contribution >= 4 is 34.9 Å². The highest BCUT2D eigenvalue weighted by Gasteiger charge is 2.46. The number of carbonyl (C=O) groups excluding carboxylic acids is 1. The van der Waals surface area contributed by atoms with Gasteiger partial charge >= 0.3 is 5.97 Å². The largest absolute Gasteiger partial charge is 0.464 e. The van der Waals surface area contributed by atoms with Crippen LogP contribution in [0.25, 0.3) is 10.4 Å². The maximum atomic E-state index is 13.4. The second kappa shape index (κ2) is 10.9. The SMILES string of the molecule is CCOC(=O)C(Nc1ccccc1)C(CN=[N+]=[N-])(c1ccc(Cl)cc1)c1ccc(Cl)cc1. The molecule has 32 heavy (non-hydrogen) atoms. The topological polar surface area (TPSA) is 87.1 Å². The molecule has 0 aliphatic carbocycles. The van der Waals surface area contributed by atoms with Crippen LogP contribution in [0.1, 0.15) is 18.1 Å². The van der Waals surface area contributed by atoms with E-state index in [1.807, 2.05) is 54.6 Å². The average molecular weight is 469 g/mol. The second-order valence-electron chi connectivity index (χ2n) is 7.07. The van der Waals surface area contributed by atoms with Crippen LogP contribution in [0.5, 0.6) is 0 Å². The quantitative estimate of drug-likeness (QED) is 0.165. The predicted molar refractivity (Wildman–Crippen MR) is 128 cm³/mol. The number of anilines is 1. The van der Waals surface area contributed by atoms with Crippen LogP contribution in [0.3, 0.4) is 0 Å². The van der Waals surface area contributed by atoms with E-state index in [0.29, 0.717) is 10.0 Å². The van der Waals surface area contributed by atoms with Crippen LogP contribution in [-0.4, -0.2) is 25.2 Å². The van der Waals surface area contributed by atoms with E-state index >= 15 is 0 Å². The molecule has 3 aromatic rings. The number of rotatable bonds is 9. The lowest BCUT2D eigenvalue weighted by Gasteiger charge is -2.40. The van der Waals surface area contributed by atoms with E-state index in [1.54, 1.807) is 31.2 Å². The Morgan fingerprint density at radius 1 is 1.00 bits per heavy atom. The van der Waals surface area contributed by atoms with Crippen molar-refractivity contribution in [2.24, 2.45) is 5.11 Å². The van der Waals surface area contributed by atoms with Gasteiger partial charge in [-0.3, -0.25) is 0 Å². The van der Waals surface area contributed by atoms with Crippen molar-refractivity contribution in [2.45, 2.75) is 18.4 Å². The van der Waals surface area contributed by atoms with Gasteiger partial charge < -0.3 is 10.1 Å². The van der Waals surface area contributed by atoms with Crippen molar-refractivity contribution < 1.29 is 9.53 Å². The van der Waals surface area contributed by atoms with Gasteiger partial charge in [0.1, 0.15) is 6.04 Å². The van der Waals surface area contributed by atoms with Crippen molar-refractivity contribution in [3.63, 3.8) is 0 Å². The van der Waals surface area contributed by atoms with Crippen molar-refractivity contribution in [3.05, 3.63) is 110 Å². The van der Waals surface area contributed by atoms with Crippen LogP contribution in [0.4, 0.5) is 5.69 Å². The summed E-state index contributed by atoms with van der Waals surface area (Å²) in [7, 11) is 0. The number of hydrogen-bond donors (Lipinski definition) is 1. The van der Waals surface area contributed by atoms with E-state index in [0.717, 1.165) is 16.8 Å². The Labute approximate surface area is 196 Å². The molecular formula is C24H22Cl2N4O2. The summed E-state index contributed by atoms with van der Waals surface area (Å²) >= 11 is 12.3. The Morgan fingerprint density at radius 2 is 1.53 bits per heavy atom. The van der Waals surface area contributed by atoms with Gasteiger partial charge in [0.15, 0.2) is 0 Å². The van der Waals surface area contributed by atoms with Gasteiger partial charge in [-0.2, -0.15) is 0 Å². The normalized spacial score (nSPS) is 11.8. The van der Waals surface area contributed by atoms with E-state index in [9.17, 15) is 10.3 Å². The van der Waals surface area contributed by atoms with Crippen LogP contribution in [0.15, 0.2) is 84.0 Å². The van der Waals surface area contributed by atoms with Crippen molar-refractivity contribution in [3.8, 4) is 0 Å². The molecule has 0 saturated heterocycles. The fourth-order valence-corrected chi connectivity index (χ4v) is 3.97. The third-order valence-electron chi connectivity index (χ3n) is 5.20. The van der Waals surface area contributed by atoms with E-state index in [2.05, 4.69) is 15.3 Å². The summed E-state index contributed by atoms with van der Waals surface area (Å²) in [6, 6.07) is 22.7. The van der Waals surface area contributed by atoms with Gasteiger partial charge in [-0.1, -0.05) is 70.8 Å². The molecule has 1 N–H and O–H groups in total. The third-order valence-corrected chi connectivity index (χ3v) is 5.71. The van der Waals surface area contributed by atoms with Gasteiger partial charge in [0.25, 0.3) is 0 Å². The van der Waals surface area contributed by atoms with Crippen LogP contribution < -0.4 is 5.32 Å². The molecule has 1 atom stereocenters. The standard InChI is InChI=1S/C24H22Cl2N4O2/c1-2-32-23(31)22(29-21-6-4-3-5-7-21)24(16-28-30-27,17-8-12-19(25)13-9-17)18-10-14-20(26)15-11-18/h3-15,22,29H,2,16H2,1H3. The molecule has 3 rings (SSSR count). The van der Waals surface area contributed by atoms with Crippen molar-refractivity contribution in [2.75, 3.05) is 18.5 Å². The molecule has 0 fully saturated rings. The number of hydrogen-bond acceptors (Lipinski definition) is 4. The van der Waals surface area contributed by atoms with Gasteiger partial charge in [-0.15, -0.1) is 0 Å². The first-order valence-corrected chi connectivity index (χ1v) is 10.8. The number of carbonyl (C=O) groups is 1. The second-order valence-corrected chi connectivity index (χ2v) is 7.94. The summed E-state index contributed by atoms with van der Waals surface area (Å²) in [4.78, 5) is 16.4. The minimum Gasteiger partial charge on any atom is -0.464 e. The molecule has 3 aromatic carbocycles. The molecule has 1 unspecified atom stereocenters. The molecule has 0 bridgehead atoms. The van der Waals surface area contributed by atoms with Gasteiger partial charge in [-0.25, -0.2) is 4.79 Å². The number of ether oxygens (including phenoxy) is 1. The summed E-state index contributed by atoms with van der Waals surface area (Å²) in [5.74, 6) is -0.477. The summed E-state index contributed by atoms with van der Waals surface area (Å²) in [6.45, 7) is 1.90. The summed E-state index contributed by atoms with van der Waals surface area (Å²) in [5.41, 5.74) is 10.3. The molecule has 8 heteroatoms. The number of halogens is 2. The number of nitrogens with zero attached hydrogens (tertiary/aromatic N) is 3. The zero-order valence-electron chi connectivity index (χ0n) is 17.4. The van der Waals surface area contributed by atoms with Gasteiger partial charge in [0.2, 0.25) is 0 Å². The molecule has 0 saturated carbocycles. The summed E-state index contributed by atoms with van der Waals surface area (Å²) < 4.78 is 5.46. The molecule has 164 valence electrons. The Balaban J connectivity index is 2.30. The maximum Gasteiger partial charge on any atom is 0.329 e. The van der Waals surface area contributed by atoms with E-state index in [1.165, 1.54) is 0 Å². The van der Waals surface area contributed by atoms with Gasteiger partial charge in [-0.05, 0) is 60.0 Å². The summed E-state index contributed by atoms with van der Waals surface area (Å²) in [6.07, 6.45) is 0. The van der Waals surface area contributed by atoms with Crippen LogP contribution >= 0.6 is 23.2 Å². The molecule has 0 heterocycles. The smallest absolute Gasteiger partial charge is 0.329 e. The maximum absolute atomic E-state index is 13.4. The minimum absolute atomic E-state index is 0.0456. The fraction of sp³-hybridized carbons (Fsp3) is 0.208. The summed E-state index contributed by atoms with van der Waals surface area (Å²) in [5, 5.41) is 8.32. The number of benzene rings is 3. The monoisotopic (exact) mass is 468 g/mol. The van der Waals surface area contributed by atoms with Crippen LogP contribution in [-0.2, 0) is 14.9 Å². The molecule has 0 aromatic heterocycles. The highest BCUT2D eigenvalue weighted by Crippen LogP contribution is 2.39. The van der Waals surface area contributed by atoms with Crippen LogP contribution in [0.2, 0.25) is 10.0 Å². The Hall–Kier alpha value is -3.18. The number of azide groups is 1. The average Bonchev–Trinajstić information content (AvgIpc) is 2.81.